The van der Waals surface area contributed by atoms with Gasteiger partial charge in [0.25, 0.3) is 0 Å². The van der Waals surface area contributed by atoms with E-state index in [2.05, 4.69) is 19.8 Å². The minimum Gasteiger partial charge on any atom is -0.406 e. The molecule has 3 rings (SSSR count). The van der Waals surface area contributed by atoms with Gasteiger partial charge in [-0.3, -0.25) is 9.78 Å². The smallest absolute Gasteiger partial charge is 0.406 e. The number of carbonyl (C=O) groups excluding carboxylic acids is 1. The van der Waals surface area contributed by atoms with Crippen LogP contribution in [0.3, 0.4) is 0 Å². The Labute approximate surface area is 182 Å². The summed E-state index contributed by atoms with van der Waals surface area (Å²) >= 11 is 0. The predicted octanol–water partition coefficient (Wildman–Crippen LogP) is 4.08. The van der Waals surface area contributed by atoms with E-state index in [-0.39, 0.29) is 16.1 Å². The molecular weight excluding hydrogens is 447 g/mol. The van der Waals surface area contributed by atoms with Crippen molar-refractivity contribution in [3.8, 4) is 5.75 Å². The number of sulfonamides is 1. The van der Waals surface area contributed by atoms with E-state index in [1.807, 2.05) is 0 Å². The lowest BCUT2D eigenvalue weighted by atomic mass is 10.0. The number of aromatic nitrogens is 1. The topological polar surface area (TPSA) is 97.4 Å². The number of rotatable bonds is 7. The maximum absolute atomic E-state index is 13.0. The average molecular weight is 467 g/mol. The molecule has 0 fully saturated rings. The summed E-state index contributed by atoms with van der Waals surface area (Å²) in [5, 5.41) is 3.13. The quantitative estimate of drug-likeness (QED) is 0.546. The molecule has 11 heteroatoms. The van der Waals surface area contributed by atoms with Crippen LogP contribution in [0, 0.1) is 5.92 Å². The van der Waals surface area contributed by atoms with E-state index in [4.69, 9.17) is 0 Å². The molecule has 0 radical (unpaired) electrons. The van der Waals surface area contributed by atoms with Gasteiger partial charge < -0.3 is 10.1 Å². The van der Waals surface area contributed by atoms with Gasteiger partial charge in [-0.1, -0.05) is 32.0 Å². The van der Waals surface area contributed by atoms with Crippen LogP contribution in [0.15, 0.2) is 65.7 Å². The first kappa shape index (κ1) is 23.5. The summed E-state index contributed by atoms with van der Waals surface area (Å²) in [7, 11) is -4.11. The highest BCUT2D eigenvalue weighted by molar-refractivity contribution is 7.89. The van der Waals surface area contributed by atoms with Gasteiger partial charge in [0.15, 0.2) is 0 Å². The minimum atomic E-state index is -4.83. The predicted molar refractivity (Wildman–Crippen MR) is 112 cm³/mol. The minimum absolute atomic E-state index is 0.0669. The van der Waals surface area contributed by atoms with Crippen LogP contribution in [0.4, 0.5) is 18.9 Å². The summed E-state index contributed by atoms with van der Waals surface area (Å²) in [6, 6.07) is 11.5. The fraction of sp³-hybridized carbons (Fsp3) is 0.238. The van der Waals surface area contributed by atoms with E-state index < -0.39 is 40.0 Å². The van der Waals surface area contributed by atoms with Crippen molar-refractivity contribution in [1.82, 2.24) is 9.71 Å². The molecule has 0 bridgehead atoms. The summed E-state index contributed by atoms with van der Waals surface area (Å²) in [5.74, 6) is -1.54. The third kappa shape index (κ3) is 5.74. The fourth-order valence-electron chi connectivity index (χ4n) is 2.98. The molecule has 1 aromatic heterocycles. The molecule has 32 heavy (non-hydrogen) atoms. The Hall–Kier alpha value is -3.18. The fourth-order valence-corrected chi connectivity index (χ4v) is 4.50. The number of carbonyl (C=O) groups is 1. The number of alkyl halides is 3. The zero-order chi connectivity index (χ0) is 23.5. The highest BCUT2D eigenvalue weighted by Crippen LogP contribution is 2.25. The number of anilines is 1. The molecule has 0 aliphatic rings. The monoisotopic (exact) mass is 467 g/mol. The molecule has 0 aliphatic carbocycles. The molecule has 0 saturated carbocycles. The van der Waals surface area contributed by atoms with Crippen LogP contribution < -0.4 is 14.8 Å². The zero-order valence-electron chi connectivity index (χ0n) is 17.1. The van der Waals surface area contributed by atoms with Crippen molar-refractivity contribution in [2.45, 2.75) is 31.1 Å². The average Bonchev–Trinajstić information content (AvgIpc) is 2.71. The lowest BCUT2D eigenvalue weighted by Crippen LogP contribution is -2.47. The van der Waals surface area contributed by atoms with E-state index in [1.165, 1.54) is 24.4 Å². The van der Waals surface area contributed by atoms with Gasteiger partial charge in [-0.25, -0.2) is 8.42 Å². The Balaban J connectivity index is 1.79. The molecule has 2 aromatic carbocycles. The van der Waals surface area contributed by atoms with Crippen LogP contribution in [-0.2, 0) is 14.8 Å². The van der Waals surface area contributed by atoms with Crippen LogP contribution in [0.25, 0.3) is 10.9 Å². The summed E-state index contributed by atoms with van der Waals surface area (Å²) in [6.07, 6.45) is -3.36. The number of para-hydroxylation sites is 1. The van der Waals surface area contributed by atoms with E-state index in [1.54, 1.807) is 38.1 Å². The first-order valence-electron chi connectivity index (χ1n) is 9.49. The highest BCUT2D eigenvalue weighted by atomic mass is 32.2. The Morgan fingerprint density at radius 3 is 2.31 bits per heavy atom. The van der Waals surface area contributed by atoms with E-state index in [0.717, 1.165) is 12.1 Å². The van der Waals surface area contributed by atoms with E-state index >= 15 is 0 Å². The molecule has 3 aromatic rings. The van der Waals surface area contributed by atoms with Gasteiger partial charge in [0, 0.05) is 17.3 Å². The molecule has 0 spiro atoms. The van der Waals surface area contributed by atoms with Crippen molar-refractivity contribution in [2.24, 2.45) is 5.92 Å². The van der Waals surface area contributed by atoms with Crippen LogP contribution in [-0.4, -0.2) is 31.7 Å². The second-order valence-electron chi connectivity index (χ2n) is 7.24. The number of benzene rings is 2. The lowest BCUT2D eigenvalue weighted by molar-refractivity contribution is -0.274. The number of ether oxygens (including phenoxy) is 1. The van der Waals surface area contributed by atoms with Crippen LogP contribution >= 0.6 is 0 Å². The number of fused-ring (bicyclic) bond motifs is 1. The normalized spacial score (nSPS) is 13.2. The third-order valence-electron chi connectivity index (χ3n) is 4.47. The van der Waals surface area contributed by atoms with Gasteiger partial charge in [0.05, 0.1) is 5.52 Å². The van der Waals surface area contributed by atoms with Gasteiger partial charge in [-0.05, 0) is 42.3 Å². The van der Waals surface area contributed by atoms with E-state index in [9.17, 15) is 26.4 Å². The van der Waals surface area contributed by atoms with Crippen LogP contribution in [0.2, 0.25) is 0 Å². The second-order valence-corrected chi connectivity index (χ2v) is 8.92. The van der Waals surface area contributed by atoms with Crippen molar-refractivity contribution in [2.75, 3.05) is 5.32 Å². The van der Waals surface area contributed by atoms with Crippen LogP contribution in [0.1, 0.15) is 13.8 Å². The number of nitrogens with zero attached hydrogens (tertiary/aromatic N) is 1. The molecule has 7 nitrogen and oxygen atoms in total. The third-order valence-corrected chi connectivity index (χ3v) is 5.94. The van der Waals surface area contributed by atoms with Gasteiger partial charge in [-0.15, -0.1) is 13.2 Å². The van der Waals surface area contributed by atoms with Crippen LogP contribution in [0.5, 0.6) is 5.75 Å². The van der Waals surface area contributed by atoms with Crippen molar-refractivity contribution < 1.29 is 31.1 Å². The maximum atomic E-state index is 13.0. The summed E-state index contributed by atoms with van der Waals surface area (Å²) in [5.41, 5.74) is 0.451. The molecule has 170 valence electrons. The van der Waals surface area contributed by atoms with Gasteiger partial charge in [0.2, 0.25) is 15.9 Å². The molecule has 0 saturated heterocycles. The van der Waals surface area contributed by atoms with Gasteiger partial charge >= 0.3 is 6.36 Å². The molecule has 0 unspecified atom stereocenters. The van der Waals surface area contributed by atoms with Crippen molar-refractivity contribution >= 4 is 32.5 Å². The van der Waals surface area contributed by atoms with Gasteiger partial charge in [-0.2, -0.15) is 4.72 Å². The molecular formula is C21H20F3N3O4S. The number of halogens is 3. The zero-order valence-corrected chi connectivity index (χ0v) is 17.9. The number of nitrogens with one attached hydrogen (secondary N) is 2. The molecule has 1 atom stereocenters. The largest absolute Gasteiger partial charge is 0.573 e. The first-order valence-corrected chi connectivity index (χ1v) is 11.0. The number of pyridine rings is 1. The summed E-state index contributed by atoms with van der Waals surface area (Å²) < 4.78 is 69.1. The number of hydrogen-bond donors (Lipinski definition) is 2. The summed E-state index contributed by atoms with van der Waals surface area (Å²) in [6.45, 7) is 3.32. The van der Waals surface area contributed by atoms with Crippen molar-refractivity contribution in [3.63, 3.8) is 0 Å². The summed E-state index contributed by atoms with van der Waals surface area (Å²) in [4.78, 5) is 16.8. The van der Waals surface area contributed by atoms with Crippen molar-refractivity contribution in [1.29, 1.82) is 0 Å². The Kier molecular flexibility index (Phi) is 6.70. The standard InChI is InChI=1S/C21H20F3N3O4S/c1-13(2)18(20(28)26-15-8-10-16(11-9-15)31-21(22,23)24)27-32(29,30)17-7-3-5-14-6-4-12-25-19(14)17/h3-13,18,27H,1-2H3,(H,26,28)/t18-/m1/s1. The van der Waals surface area contributed by atoms with Gasteiger partial charge in [0.1, 0.15) is 16.7 Å². The second kappa shape index (κ2) is 9.13. The SMILES string of the molecule is CC(C)[C@@H](NS(=O)(=O)c1cccc2cccnc12)C(=O)Nc1ccc(OC(F)(F)F)cc1. The Bertz CT molecular complexity index is 1210. The number of hydrogen-bond acceptors (Lipinski definition) is 5. The molecule has 1 amide bonds. The first-order chi connectivity index (χ1) is 15.0. The van der Waals surface area contributed by atoms with E-state index in [0.29, 0.717) is 5.39 Å². The Morgan fingerprint density at radius 1 is 1.03 bits per heavy atom. The highest BCUT2D eigenvalue weighted by Gasteiger charge is 2.31. The lowest BCUT2D eigenvalue weighted by Gasteiger charge is -2.22. The molecule has 2 N–H and O–H groups in total. The maximum Gasteiger partial charge on any atom is 0.573 e. The van der Waals surface area contributed by atoms with Crippen molar-refractivity contribution in [3.05, 3.63) is 60.8 Å². The Morgan fingerprint density at radius 2 is 1.69 bits per heavy atom. The molecule has 0 aliphatic heterocycles. The number of amides is 1. The molecule has 1 heterocycles.